The van der Waals surface area contributed by atoms with Crippen LogP contribution in [0.15, 0.2) is 18.3 Å². The standard InChI is InChI=1S/C9H14N3S/c1-13-6-5-12-9-8(7-10)3-2-4-11-9/h2-4,10H,5-7H2,1H3,(H,11,12). The molecule has 3 nitrogen and oxygen atoms in total. The van der Waals surface area contributed by atoms with Crippen LogP contribution in [0.4, 0.5) is 5.82 Å². The van der Waals surface area contributed by atoms with Crippen molar-refractivity contribution >= 4 is 17.6 Å². The first-order chi connectivity index (χ1) is 6.38. The van der Waals surface area contributed by atoms with Gasteiger partial charge in [0.15, 0.2) is 0 Å². The molecule has 0 spiro atoms. The van der Waals surface area contributed by atoms with Crippen LogP contribution in [0.25, 0.3) is 0 Å². The van der Waals surface area contributed by atoms with Crippen LogP contribution in [-0.4, -0.2) is 23.5 Å². The molecule has 1 aromatic rings. The number of anilines is 1. The second-order valence-electron chi connectivity index (χ2n) is 2.61. The lowest BCUT2D eigenvalue weighted by molar-refractivity contribution is 1.00. The molecule has 71 valence electrons. The average molecular weight is 196 g/mol. The summed E-state index contributed by atoms with van der Waals surface area (Å²) in [5.41, 5.74) is 8.24. The molecule has 0 atom stereocenters. The zero-order valence-corrected chi connectivity index (χ0v) is 8.53. The molecule has 1 aromatic heterocycles. The number of nitrogens with one attached hydrogen (secondary N) is 2. The summed E-state index contributed by atoms with van der Waals surface area (Å²) in [7, 11) is 0. The molecule has 0 aromatic carbocycles. The van der Waals surface area contributed by atoms with Gasteiger partial charge in [0.25, 0.3) is 0 Å². The second-order valence-corrected chi connectivity index (χ2v) is 3.59. The van der Waals surface area contributed by atoms with Gasteiger partial charge in [0.05, 0.1) is 0 Å². The molecule has 1 rings (SSSR count). The Balaban J connectivity index is 2.54. The number of hydrogen-bond acceptors (Lipinski definition) is 3. The minimum atomic E-state index is 0.287. The molecule has 0 aliphatic carbocycles. The topological polar surface area (TPSA) is 48.7 Å². The summed E-state index contributed by atoms with van der Waals surface area (Å²) in [5.74, 6) is 1.92. The van der Waals surface area contributed by atoms with Crippen molar-refractivity contribution in [1.82, 2.24) is 10.7 Å². The Morgan fingerprint density at radius 2 is 2.46 bits per heavy atom. The highest BCUT2D eigenvalue weighted by Gasteiger charge is 1.99. The van der Waals surface area contributed by atoms with Crippen molar-refractivity contribution in [3.63, 3.8) is 0 Å². The van der Waals surface area contributed by atoms with Crippen LogP contribution in [-0.2, 0) is 6.54 Å². The molecule has 2 N–H and O–H groups in total. The van der Waals surface area contributed by atoms with Crippen molar-refractivity contribution < 1.29 is 0 Å². The maximum absolute atomic E-state index is 7.28. The van der Waals surface area contributed by atoms with Crippen LogP contribution in [0.1, 0.15) is 5.56 Å². The summed E-state index contributed by atoms with van der Waals surface area (Å²) in [4.78, 5) is 4.18. The van der Waals surface area contributed by atoms with Gasteiger partial charge in [0.1, 0.15) is 5.82 Å². The molecule has 0 unspecified atom stereocenters. The normalized spacial score (nSPS) is 10.0. The van der Waals surface area contributed by atoms with Gasteiger partial charge in [0, 0.05) is 30.6 Å². The maximum atomic E-state index is 7.28. The lowest BCUT2D eigenvalue weighted by atomic mass is 10.2. The van der Waals surface area contributed by atoms with Crippen LogP contribution in [0.3, 0.4) is 0 Å². The summed E-state index contributed by atoms with van der Waals surface area (Å²) >= 11 is 1.80. The van der Waals surface area contributed by atoms with E-state index in [1.54, 1.807) is 18.0 Å². The number of pyridine rings is 1. The fourth-order valence-electron chi connectivity index (χ4n) is 1.01. The molecule has 4 heteroatoms. The van der Waals surface area contributed by atoms with E-state index in [-0.39, 0.29) is 6.54 Å². The van der Waals surface area contributed by atoms with Crippen molar-refractivity contribution in [2.24, 2.45) is 0 Å². The Labute approximate surface area is 83.1 Å². The van der Waals surface area contributed by atoms with Gasteiger partial charge in [-0.1, -0.05) is 6.07 Å². The Hall–Kier alpha value is -0.740. The summed E-state index contributed by atoms with van der Waals surface area (Å²) in [5, 5.41) is 3.21. The lowest BCUT2D eigenvalue weighted by Gasteiger charge is -2.07. The van der Waals surface area contributed by atoms with Gasteiger partial charge in [-0.3, -0.25) is 5.73 Å². The first-order valence-electron chi connectivity index (χ1n) is 4.19. The molecular weight excluding hydrogens is 182 g/mol. The predicted molar refractivity (Wildman–Crippen MR) is 57.9 cm³/mol. The zero-order chi connectivity index (χ0) is 9.52. The van der Waals surface area contributed by atoms with Gasteiger partial charge in [-0.25, -0.2) is 4.98 Å². The van der Waals surface area contributed by atoms with Crippen molar-refractivity contribution in [3.05, 3.63) is 23.9 Å². The summed E-state index contributed by atoms with van der Waals surface area (Å²) in [6.07, 6.45) is 3.83. The van der Waals surface area contributed by atoms with Gasteiger partial charge in [-0.2, -0.15) is 11.8 Å². The number of aromatic nitrogens is 1. The third-order valence-corrected chi connectivity index (χ3v) is 2.29. The number of rotatable bonds is 5. The van der Waals surface area contributed by atoms with Gasteiger partial charge in [-0.05, 0) is 12.3 Å². The van der Waals surface area contributed by atoms with E-state index in [1.807, 2.05) is 12.1 Å². The van der Waals surface area contributed by atoms with E-state index in [4.69, 9.17) is 5.73 Å². The third kappa shape index (κ3) is 3.24. The third-order valence-electron chi connectivity index (χ3n) is 1.68. The molecule has 0 amide bonds. The first kappa shape index (κ1) is 10.3. The Bertz CT molecular complexity index is 252. The van der Waals surface area contributed by atoms with Crippen molar-refractivity contribution in [3.8, 4) is 0 Å². The Morgan fingerprint density at radius 1 is 1.62 bits per heavy atom. The largest absolute Gasteiger partial charge is 0.369 e. The van der Waals surface area contributed by atoms with E-state index in [1.165, 1.54) is 0 Å². The van der Waals surface area contributed by atoms with Gasteiger partial charge >= 0.3 is 0 Å². The van der Waals surface area contributed by atoms with E-state index in [2.05, 4.69) is 16.6 Å². The quantitative estimate of drug-likeness (QED) is 0.728. The SMILES string of the molecule is CSCCNc1ncccc1C[NH]. The van der Waals surface area contributed by atoms with Crippen LogP contribution in [0.5, 0.6) is 0 Å². The average Bonchev–Trinajstić information content (AvgIpc) is 2.19. The Morgan fingerprint density at radius 3 is 3.15 bits per heavy atom. The fraction of sp³-hybridized carbons (Fsp3) is 0.444. The smallest absolute Gasteiger partial charge is 0.130 e. The molecular formula is C9H14N3S. The minimum absolute atomic E-state index is 0.287. The molecule has 0 bridgehead atoms. The molecule has 0 saturated heterocycles. The van der Waals surface area contributed by atoms with Crippen LogP contribution in [0.2, 0.25) is 0 Å². The zero-order valence-electron chi connectivity index (χ0n) is 7.71. The van der Waals surface area contributed by atoms with Gasteiger partial charge in [-0.15, -0.1) is 0 Å². The number of thioether (sulfide) groups is 1. The molecule has 0 fully saturated rings. The fourth-order valence-corrected chi connectivity index (χ4v) is 1.32. The molecule has 0 saturated carbocycles. The highest BCUT2D eigenvalue weighted by molar-refractivity contribution is 7.98. The Kier molecular flexibility index (Phi) is 4.64. The first-order valence-corrected chi connectivity index (χ1v) is 5.59. The summed E-state index contributed by atoms with van der Waals surface area (Å²) in [6.45, 7) is 1.20. The number of nitrogens with zero attached hydrogens (tertiary/aromatic N) is 1. The van der Waals surface area contributed by atoms with E-state index in [0.717, 1.165) is 23.7 Å². The summed E-state index contributed by atoms with van der Waals surface area (Å²) in [6, 6.07) is 3.80. The monoisotopic (exact) mass is 196 g/mol. The van der Waals surface area contributed by atoms with Crippen molar-refractivity contribution in [1.29, 1.82) is 0 Å². The molecule has 13 heavy (non-hydrogen) atoms. The predicted octanol–water partition coefficient (Wildman–Crippen LogP) is 1.64. The van der Waals surface area contributed by atoms with E-state index in [9.17, 15) is 0 Å². The molecule has 1 heterocycles. The van der Waals surface area contributed by atoms with Crippen molar-refractivity contribution in [2.45, 2.75) is 6.54 Å². The summed E-state index contributed by atoms with van der Waals surface area (Å²) < 4.78 is 0. The maximum Gasteiger partial charge on any atom is 0.130 e. The highest BCUT2D eigenvalue weighted by Crippen LogP contribution is 2.10. The second kappa shape index (κ2) is 5.83. The molecule has 1 radical (unpaired) electrons. The van der Waals surface area contributed by atoms with E-state index < -0.39 is 0 Å². The molecule has 0 aliphatic rings. The van der Waals surface area contributed by atoms with E-state index >= 15 is 0 Å². The van der Waals surface area contributed by atoms with Gasteiger partial charge in [0.2, 0.25) is 0 Å². The van der Waals surface area contributed by atoms with Crippen LogP contribution in [0, 0.1) is 0 Å². The van der Waals surface area contributed by atoms with Crippen LogP contribution < -0.4 is 11.1 Å². The van der Waals surface area contributed by atoms with Crippen molar-refractivity contribution in [2.75, 3.05) is 23.9 Å². The van der Waals surface area contributed by atoms with Gasteiger partial charge < -0.3 is 5.32 Å². The van der Waals surface area contributed by atoms with Crippen LogP contribution >= 0.6 is 11.8 Å². The lowest BCUT2D eigenvalue weighted by Crippen LogP contribution is -2.07. The molecule has 0 aliphatic heterocycles. The van der Waals surface area contributed by atoms with E-state index in [0.29, 0.717) is 0 Å². The minimum Gasteiger partial charge on any atom is -0.369 e. The highest BCUT2D eigenvalue weighted by atomic mass is 32.2. The number of hydrogen-bond donors (Lipinski definition) is 1.